The third kappa shape index (κ3) is 3.78. The molecule has 1 aliphatic rings. The number of ether oxygens (including phenoxy) is 1. The van der Waals surface area contributed by atoms with Crippen LogP contribution in [0.4, 0.5) is 0 Å². The van der Waals surface area contributed by atoms with Crippen LogP contribution in [-0.4, -0.2) is 37.7 Å². The zero-order valence-corrected chi connectivity index (χ0v) is 19.5. The Labute approximate surface area is 202 Å². The van der Waals surface area contributed by atoms with E-state index in [2.05, 4.69) is 15.2 Å². The number of H-pyrrole nitrogens is 1. The highest BCUT2D eigenvalue weighted by molar-refractivity contribution is 6.31. The van der Waals surface area contributed by atoms with E-state index in [-0.39, 0.29) is 11.7 Å². The Morgan fingerprint density at radius 1 is 1.21 bits per heavy atom. The molecule has 1 atom stereocenters. The number of aromatic nitrogens is 3. The number of pyridine rings is 1. The number of aryl methyl sites for hydroxylation is 1. The lowest BCUT2D eigenvalue weighted by Crippen LogP contribution is -2.29. The number of aromatic amines is 1. The van der Waals surface area contributed by atoms with Crippen molar-refractivity contribution in [1.29, 1.82) is 0 Å². The van der Waals surface area contributed by atoms with Crippen molar-refractivity contribution in [3.63, 3.8) is 0 Å². The fourth-order valence-electron chi connectivity index (χ4n) is 4.37. The SMILES string of the molecule is CCOc1ccc([C@H]2c3c(-c4cc(Cl)c(C)cc4O)n[nH]c3C(=O)N2Cc2cccnc2)cc1. The molecule has 172 valence electrons. The molecule has 1 amide bonds. The van der Waals surface area contributed by atoms with Gasteiger partial charge < -0.3 is 14.7 Å². The number of nitrogens with zero attached hydrogens (tertiary/aromatic N) is 3. The largest absolute Gasteiger partial charge is 0.507 e. The number of rotatable bonds is 6. The standard InChI is InChI=1S/C26H23ClN4O3/c1-3-34-18-8-6-17(7-9-18)25-22-23(19-12-20(27)15(2)11-21(19)32)29-30-24(22)26(33)31(25)14-16-5-4-10-28-13-16/h4-13,25,32H,3,14H2,1-2H3,(H,29,30)/t25-/m0/s1. The van der Waals surface area contributed by atoms with Crippen molar-refractivity contribution in [2.45, 2.75) is 26.4 Å². The van der Waals surface area contributed by atoms with E-state index >= 15 is 0 Å². The van der Waals surface area contributed by atoms with Gasteiger partial charge in [-0.25, -0.2) is 0 Å². The Balaban J connectivity index is 1.65. The van der Waals surface area contributed by atoms with Gasteiger partial charge in [-0.05, 0) is 60.9 Å². The van der Waals surface area contributed by atoms with Gasteiger partial charge in [-0.2, -0.15) is 5.10 Å². The van der Waals surface area contributed by atoms with Crippen molar-refractivity contribution in [2.24, 2.45) is 0 Å². The average Bonchev–Trinajstić information content (AvgIpc) is 3.37. The fourth-order valence-corrected chi connectivity index (χ4v) is 4.53. The first-order valence-corrected chi connectivity index (χ1v) is 11.4. The maximum absolute atomic E-state index is 13.5. The number of amides is 1. The van der Waals surface area contributed by atoms with Gasteiger partial charge >= 0.3 is 0 Å². The first-order valence-electron chi connectivity index (χ1n) is 11.0. The van der Waals surface area contributed by atoms with Gasteiger partial charge in [0.2, 0.25) is 0 Å². The molecule has 0 radical (unpaired) electrons. The molecule has 0 saturated heterocycles. The van der Waals surface area contributed by atoms with Gasteiger partial charge in [0.1, 0.15) is 22.9 Å². The third-order valence-electron chi connectivity index (χ3n) is 5.98. The number of hydrogen-bond donors (Lipinski definition) is 2. The molecule has 5 rings (SSSR count). The smallest absolute Gasteiger partial charge is 0.273 e. The molecule has 0 aliphatic carbocycles. The average molecular weight is 475 g/mol. The molecule has 4 aromatic rings. The highest BCUT2D eigenvalue weighted by Gasteiger charge is 2.42. The maximum Gasteiger partial charge on any atom is 0.273 e. The number of carbonyl (C=O) groups is 1. The molecule has 2 aromatic carbocycles. The minimum atomic E-state index is -0.424. The van der Waals surface area contributed by atoms with Crippen LogP contribution in [-0.2, 0) is 6.54 Å². The number of hydrogen-bond acceptors (Lipinski definition) is 5. The topological polar surface area (TPSA) is 91.3 Å². The molecule has 0 unspecified atom stereocenters. The summed E-state index contributed by atoms with van der Waals surface area (Å²) >= 11 is 6.37. The van der Waals surface area contributed by atoms with E-state index in [0.29, 0.717) is 40.7 Å². The summed E-state index contributed by atoms with van der Waals surface area (Å²) in [7, 11) is 0. The fraction of sp³-hybridized carbons (Fsp3) is 0.192. The Bertz CT molecular complexity index is 1350. The van der Waals surface area contributed by atoms with Crippen molar-refractivity contribution in [3.05, 3.63) is 93.9 Å². The molecule has 0 bridgehead atoms. The van der Waals surface area contributed by atoms with Gasteiger partial charge in [0, 0.05) is 35.1 Å². The minimum Gasteiger partial charge on any atom is -0.507 e. The van der Waals surface area contributed by atoms with Crippen LogP contribution in [0.1, 0.15) is 45.7 Å². The Kier molecular flexibility index (Phi) is 5.71. The highest BCUT2D eigenvalue weighted by atomic mass is 35.5. The van der Waals surface area contributed by atoms with Crippen molar-refractivity contribution >= 4 is 17.5 Å². The number of halogens is 1. The Morgan fingerprint density at radius 2 is 2.00 bits per heavy atom. The van der Waals surface area contributed by atoms with Crippen molar-refractivity contribution < 1.29 is 14.6 Å². The molecule has 8 heteroatoms. The number of aromatic hydroxyl groups is 1. The molecular weight excluding hydrogens is 452 g/mol. The van der Waals surface area contributed by atoms with Gasteiger partial charge in [0.05, 0.1) is 12.6 Å². The second-order valence-corrected chi connectivity index (χ2v) is 8.59. The number of phenols is 1. The summed E-state index contributed by atoms with van der Waals surface area (Å²) in [4.78, 5) is 19.5. The molecule has 3 heterocycles. The molecule has 34 heavy (non-hydrogen) atoms. The summed E-state index contributed by atoms with van der Waals surface area (Å²) < 4.78 is 5.60. The number of nitrogens with one attached hydrogen (secondary N) is 1. The van der Waals surface area contributed by atoms with Gasteiger partial charge in [0.25, 0.3) is 5.91 Å². The summed E-state index contributed by atoms with van der Waals surface area (Å²) in [6, 6.07) is 14.3. The molecule has 7 nitrogen and oxygen atoms in total. The summed E-state index contributed by atoms with van der Waals surface area (Å²) in [5.41, 5.74) is 4.64. The minimum absolute atomic E-state index is 0.0554. The molecule has 1 aliphatic heterocycles. The summed E-state index contributed by atoms with van der Waals surface area (Å²) in [5.74, 6) is 0.638. The number of phenolic OH excluding ortho intramolecular Hbond substituents is 1. The van der Waals surface area contributed by atoms with Crippen LogP contribution in [0, 0.1) is 6.92 Å². The second-order valence-electron chi connectivity index (χ2n) is 8.18. The van der Waals surface area contributed by atoms with Crippen LogP contribution < -0.4 is 4.74 Å². The number of benzene rings is 2. The second kappa shape index (κ2) is 8.83. The first-order chi connectivity index (χ1) is 16.5. The summed E-state index contributed by atoms with van der Waals surface area (Å²) in [6.45, 7) is 4.69. The normalized spacial score (nSPS) is 15.0. The Hall–Kier alpha value is -3.84. The quantitative estimate of drug-likeness (QED) is 0.396. The Morgan fingerprint density at radius 3 is 2.71 bits per heavy atom. The van der Waals surface area contributed by atoms with Crippen LogP contribution in [0.25, 0.3) is 11.3 Å². The molecule has 0 saturated carbocycles. The molecule has 0 spiro atoms. The van der Waals surface area contributed by atoms with Gasteiger partial charge in [-0.3, -0.25) is 14.9 Å². The van der Waals surface area contributed by atoms with Gasteiger partial charge in [-0.1, -0.05) is 29.8 Å². The zero-order valence-electron chi connectivity index (χ0n) is 18.7. The van der Waals surface area contributed by atoms with E-state index in [9.17, 15) is 9.90 Å². The van der Waals surface area contributed by atoms with Crippen molar-refractivity contribution in [1.82, 2.24) is 20.1 Å². The van der Waals surface area contributed by atoms with Crippen LogP contribution in [0.5, 0.6) is 11.5 Å². The highest BCUT2D eigenvalue weighted by Crippen LogP contribution is 2.46. The molecule has 2 N–H and O–H groups in total. The van der Waals surface area contributed by atoms with Crippen LogP contribution in [0.15, 0.2) is 60.9 Å². The summed E-state index contributed by atoms with van der Waals surface area (Å²) in [6.07, 6.45) is 3.45. The van der Waals surface area contributed by atoms with Crippen LogP contribution in [0.2, 0.25) is 5.02 Å². The van der Waals surface area contributed by atoms with Crippen molar-refractivity contribution in [2.75, 3.05) is 6.61 Å². The lowest BCUT2D eigenvalue weighted by atomic mass is 9.95. The zero-order chi connectivity index (χ0) is 23.8. The van der Waals surface area contributed by atoms with E-state index in [0.717, 1.165) is 22.4 Å². The van der Waals surface area contributed by atoms with E-state index in [1.54, 1.807) is 29.4 Å². The monoisotopic (exact) mass is 474 g/mol. The summed E-state index contributed by atoms with van der Waals surface area (Å²) in [5, 5.41) is 18.5. The molecule has 2 aromatic heterocycles. The van der Waals surface area contributed by atoms with Crippen LogP contribution in [0.3, 0.4) is 0 Å². The third-order valence-corrected chi connectivity index (χ3v) is 6.39. The maximum atomic E-state index is 13.5. The lowest BCUT2D eigenvalue weighted by Gasteiger charge is -2.26. The lowest BCUT2D eigenvalue weighted by molar-refractivity contribution is 0.0730. The van der Waals surface area contributed by atoms with E-state index < -0.39 is 6.04 Å². The predicted molar refractivity (Wildman–Crippen MR) is 129 cm³/mol. The number of carbonyl (C=O) groups excluding carboxylic acids is 1. The molecular formula is C26H23ClN4O3. The van der Waals surface area contributed by atoms with Gasteiger partial charge in [-0.15, -0.1) is 0 Å². The van der Waals surface area contributed by atoms with E-state index in [1.165, 1.54) is 0 Å². The van der Waals surface area contributed by atoms with Crippen molar-refractivity contribution in [3.8, 4) is 22.8 Å². The predicted octanol–water partition coefficient (Wildman–Crippen LogP) is 5.28. The van der Waals surface area contributed by atoms with E-state index in [4.69, 9.17) is 16.3 Å². The van der Waals surface area contributed by atoms with Crippen LogP contribution >= 0.6 is 11.6 Å². The number of fused-ring (bicyclic) bond motifs is 1. The van der Waals surface area contributed by atoms with E-state index in [1.807, 2.05) is 50.2 Å². The van der Waals surface area contributed by atoms with Gasteiger partial charge in [0.15, 0.2) is 0 Å². The first kappa shape index (κ1) is 22.0. The molecule has 0 fully saturated rings.